The number of fused-ring (bicyclic) bond motifs is 2. The fraction of sp³-hybridized carbons (Fsp3) is 0.333. The van der Waals surface area contributed by atoms with Crippen LogP contribution in [0.4, 0.5) is 5.13 Å². The second-order valence-electron chi connectivity index (χ2n) is 6.19. The van der Waals surface area contributed by atoms with Crippen LogP contribution in [0.25, 0.3) is 10.2 Å². The molecule has 0 saturated heterocycles. The Hall–Kier alpha value is -2.18. The second-order valence-corrected chi connectivity index (χ2v) is 7.20. The van der Waals surface area contributed by atoms with E-state index in [0.717, 1.165) is 28.4 Å². The van der Waals surface area contributed by atoms with Crippen LogP contribution in [-0.2, 0) is 11.3 Å². The monoisotopic (exact) mass is 340 g/mol. The van der Waals surface area contributed by atoms with Crippen LogP contribution in [0.3, 0.4) is 0 Å². The first-order valence-corrected chi connectivity index (χ1v) is 8.96. The van der Waals surface area contributed by atoms with Gasteiger partial charge in [-0.3, -0.25) is 14.6 Å². The lowest BCUT2D eigenvalue weighted by molar-refractivity contribution is -0.120. The van der Waals surface area contributed by atoms with E-state index in [2.05, 4.69) is 39.7 Å². The van der Waals surface area contributed by atoms with Crippen LogP contribution in [-0.4, -0.2) is 40.5 Å². The van der Waals surface area contributed by atoms with Crippen LogP contribution in [0.15, 0.2) is 42.6 Å². The van der Waals surface area contributed by atoms with Crippen molar-refractivity contribution in [2.24, 2.45) is 0 Å². The van der Waals surface area contributed by atoms with Gasteiger partial charge in [0.25, 0.3) is 0 Å². The lowest BCUT2D eigenvalue weighted by atomic mass is 10.1. The van der Waals surface area contributed by atoms with Gasteiger partial charge in [-0.25, -0.2) is 4.98 Å². The van der Waals surface area contributed by atoms with Crippen LogP contribution in [0, 0.1) is 0 Å². The average molecular weight is 340 g/mol. The van der Waals surface area contributed by atoms with Gasteiger partial charge < -0.3 is 4.57 Å². The Bertz CT molecular complexity index is 851. The summed E-state index contributed by atoms with van der Waals surface area (Å²) < 4.78 is 3.37. The minimum absolute atomic E-state index is 0.0842. The van der Waals surface area contributed by atoms with Crippen molar-refractivity contribution >= 4 is 32.6 Å². The third kappa shape index (κ3) is 2.61. The van der Waals surface area contributed by atoms with Crippen LogP contribution in [0.5, 0.6) is 0 Å². The third-order valence-electron chi connectivity index (χ3n) is 4.75. The van der Waals surface area contributed by atoms with Crippen molar-refractivity contribution in [3.63, 3.8) is 0 Å². The molecule has 1 aliphatic heterocycles. The first kappa shape index (κ1) is 15.4. The predicted molar refractivity (Wildman–Crippen MR) is 97.5 cm³/mol. The maximum Gasteiger partial charge on any atom is 0.242 e. The standard InChI is InChI=1S/C18H20N4OS/c1-13-15-7-5-9-21(15)10-11-22(13)12-17(23)20(2)18-19-14-6-3-4-8-16(14)24-18/h3-9,13H,10-12H2,1-2H3/t13-/m0/s1. The molecule has 0 fully saturated rings. The topological polar surface area (TPSA) is 41.4 Å². The molecule has 3 heterocycles. The summed E-state index contributed by atoms with van der Waals surface area (Å²) in [6.45, 7) is 4.40. The molecule has 1 amide bonds. The van der Waals surface area contributed by atoms with Gasteiger partial charge in [-0.05, 0) is 31.2 Å². The van der Waals surface area contributed by atoms with E-state index in [4.69, 9.17) is 0 Å². The smallest absolute Gasteiger partial charge is 0.242 e. The van der Waals surface area contributed by atoms with E-state index in [1.807, 2.05) is 31.3 Å². The number of thiazole rings is 1. The van der Waals surface area contributed by atoms with Crippen LogP contribution < -0.4 is 4.90 Å². The van der Waals surface area contributed by atoms with E-state index < -0.39 is 0 Å². The quantitative estimate of drug-likeness (QED) is 0.735. The summed E-state index contributed by atoms with van der Waals surface area (Å²) >= 11 is 1.56. The van der Waals surface area contributed by atoms with Crippen molar-refractivity contribution in [1.29, 1.82) is 0 Å². The van der Waals surface area contributed by atoms with Gasteiger partial charge in [0.05, 0.1) is 16.8 Å². The third-order valence-corrected chi connectivity index (χ3v) is 5.86. The molecular formula is C18H20N4OS. The number of amides is 1. The molecule has 0 saturated carbocycles. The van der Waals surface area contributed by atoms with Gasteiger partial charge in [0.2, 0.25) is 5.91 Å². The average Bonchev–Trinajstić information content (AvgIpc) is 3.23. The minimum atomic E-state index is 0.0842. The number of likely N-dealkylation sites (N-methyl/N-ethyl adjacent to an activating group) is 1. The molecule has 0 unspecified atom stereocenters. The zero-order chi connectivity index (χ0) is 16.7. The number of aromatic nitrogens is 2. The lowest BCUT2D eigenvalue weighted by Crippen LogP contribution is -2.43. The zero-order valence-corrected chi connectivity index (χ0v) is 14.7. The summed E-state index contributed by atoms with van der Waals surface area (Å²) in [7, 11) is 1.82. The van der Waals surface area contributed by atoms with E-state index in [-0.39, 0.29) is 11.9 Å². The number of hydrogen-bond donors (Lipinski definition) is 0. The summed E-state index contributed by atoms with van der Waals surface area (Å²) in [5.41, 5.74) is 2.22. The highest BCUT2D eigenvalue weighted by Gasteiger charge is 2.27. The highest BCUT2D eigenvalue weighted by molar-refractivity contribution is 7.22. The van der Waals surface area contributed by atoms with Gasteiger partial charge in [0, 0.05) is 38.1 Å². The van der Waals surface area contributed by atoms with Gasteiger partial charge in [0.1, 0.15) is 0 Å². The molecule has 5 nitrogen and oxygen atoms in total. The number of carbonyl (C=O) groups excluding carboxylic acids is 1. The van der Waals surface area contributed by atoms with Crippen LogP contribution in [0.2, 0.25) is 0 Å². The summed E-state index contributed by atoms with van der Waals surface area (Å²) in [5.74, 6) is 0.0842. The molecule has 1 aromatic carbocycles. The molecule has 1 atom stereocenters. The molecule has 6 heteroatoms. The highest BCUT2D eigenvalue weighted by atomic mass is 32.1. The Morgan fingerprint density at radius 2 is 2.12 bits per heavy atom. The van der Waals surface area contributed by atoms with E-state index >= 15 is 0 Å². The molecule has 0 bridgehead atoms. The maximum absolute atomic E-state index is 12.7. The first-order valence-electron chi connectivity index (χ1n) is 8.14. The van der Waals surface area contributed by atoms with Gasteiger partial charge in [-0.1, -0.05) is 23.5 Å². The van der Waals surface area contributed by atoms with Crippen LogP contribution >= 0.6 is 11.3 Å². The summed E-state index contributed by atoms with van der Waals surface area (Å²) in [4.78, 5) is 21.2. The molecule has 24 heavy (non-hydrogen) atoms. The normalized spacial score (nSPS) is 17.8. The number of benzene rings is 1. The zero-order valence-electron chi connectivity index (χ0n) is 13.8. The second kappa shape index (κ2) is 6.03. The highest BCUT2D eigenvalue weighted by Crippen LogP contribution is 2.29. The van der Waals surface area contributed by atoms with Gasteiger partial charge in [0.15, 0.2) is 5.13 Å². The maximum atomic E-state index is 12.7. The summed E-state index contributed by atoms with van der Waals surface area (Å²) in [5, 5.41) is 0.759. The van der Waals surface area contributed by atoms with Crippen molar-refractivity contribution in [2.75, 3.05) is 25.0 Å². The van der Waals surface area contributed by atoms with Crippen molar-refractivity contribution < 1.29 is 4.79 Å². The number of anilines is 1. The van der Waals surface area contributed by atoms with Crippen molar-refractivity contribution in [3.05, 3.63) is 48.3 Å². The van der Waals surface area contributed by atoms with E-state index in [0.29, 0.717) is 6.54 Å². The number of rotatable bonds is 3. The molecule has 0 spiro atoms. The Labute approximate surface area is 145 Å². The molecule has 3 aromatic rings. The molecule has 124 valence electrons. The van der Waals surface area contributed by atoms with E-state index in [1.54, 1.807) is 16.2 Å². The van der Waals surface area contributed by atoms with E-state index in [9.17, 15) is 4.79 Å². The Balaban J connectivity index is 1.49. The number of nitrogens with zero attached hydrogens (tertiary/aromatic N) is 4. The van der Waals surface area contributed by atoms with Crippen LogP contribution in [0.1, 0.15) is 18.7 Å². The molecule has 4 rings (SSSR count). The number of carbonyl (C=O) groups is 1. The molecular weight excluding hydrogens is 320 g/mol. The molecule has 1 aliphatic rings. The van der Waals surface area contributed by atoms with Crippen molar-refractivity contribution in [3.8, 4) is 0 Å². The fourth-order valence-electron chi connectivity index (χ4n) is 3.23. The summed E-state index contributed by atoms with van der Waals surface area (Å²) in [6, 6.07) is 12.4. The first-order chi connectivity index (χ1) is 11.6. The minimum Gasteiger partial charge on any atom is -0.349 e. The van der Waals surface area contributed by atoms with E-state index in [1.165, 1.54) is 5.69 Å². The van der Waals surface area contributed by atoms with Gasteiger partial charge >= 0.3 is 0 Å². The Kier molecular flexibility index (Phi) is 3.86. The number of para-hydroxylation sites is 1. The predicted octanol–water partition coefficient (Wildman–Crippen LogP) is 3.14. The number of hydrogen-bond acceptors (Lipinski definition) is 4. The molecule has 0 radical (unpaired) electrons. The molecule has 2 aromatic heterocycles. The summed E-state index contributed by atoms with van der Waals surface area (Å²) in [6.07, 6.45) is 2.11. The lowest BCUT2D eigenvalue weighted by Gasteiger charge is -2.35. The largest absolute Gasteiger partial charge is 0.349 e. The molecule has 0 N–H and O–H groups in total. The van der Waals surface area contributed by atoms with Crippen molar-refractivity contribution in [2.45, 2.75) is 19.5 Å². The fourth-order valence-corrected chi connectivity index (χ4v) is 4.18. The SMILES string of the molecule is C[C@H]1c2cccn2CCN1CC(=O)N(C)c1nc2ccccc2s1. The van der Waals surface area contributed by atoms with Gasteiger partial charge in [-0.15, -0.1) is 0 Å². The Morgan fingerprint density at radius 3 is 2.96 bits per heavy atom. The Morgan fingerprint density at radius 1 is 1.29 bits per heavy atom. The molecule has 0 aliphatic carbocycles. The van der Waals surface area contributed by atoms with Crippen molar-refractivity contribution in [1.82, 2.24) is 14.5 Å². The van der Waals surface area contributed by atoms with Gasteiger partial charge in [-0.2, -0.15) is 0 Å².